The Morgan fingerprint density at radius 3 is 2.50 bits per heavy atom. The van der Waals surface area contributed by atoms with Gasteiger partial charge >= 0.3 is 0 Å². The summed E-state index contributed by atoms with van der Waals surface area (Å²) < 4.78 is 6.89. The van der Waals surface area contributed by atoms with Gasteiger partial charge in [-0.15, -0.1) is 0 Å². The number of piperidine rings is 1. The van der Waals surface area contributed by atoms with Crippen molar-refractivity contribution >= 4 is 15.9 Å². The fourth-order valence-corrected chi connectivity index (χ4v) is 3.25. The molecule has 1 aliphatic rings. The molecular weight excluding hydrogens is 314 g/mol. The molecule has 1 fully saturated rings. The van der Waals surface area contributed by atoms with Crippen LogP contribution in [0.2, 0.25) is 0 Å². The van der Waals surface area contributed by atoms with E-state index in [1.807, 2.05) is 0 Å². The first-order chi connectivity index (χ1) is 9.69. The number of benzene rings is 1. The molecule has 1 atom stereocenters. The van der Waals surface area contributed by atoms with Crippen LogP contribution in [0.25, 0.3) is 0 Å². The minimum absolute atomic E-state index is 0.425. The number of hydrogen-bond acceptors (Lipinski definition) is 2. The second-order valence-electron chi connectivity index (χ2n) is 5.72. The maximum absolute atomic E-state index is 5.73. The van der Waals surface area contributed by atoms with Gasteiger partial charge in [0.15, 0.2) is 0 Å². The van der Waals surface area contributed by atoms with E-state index in [0.29, 0.717) is 6.10 Å². The fraction of sp³-hybridized carbons (Fsp3) is 0.647. The molecule has 112 valence electrons. The lowest BCUT2D eigenvalue weighted by molar-refractivity contribution is 0.00851. The van der Waals surface area contributed by atoms with Crippen LogP contribution in [0.4, 0.5) is 0 Å². The highest BCUT2D eigenvalue weighted by Gasteiger charge is 2.23. The summed E-state index contributed by atoms with van der Waals surface area (Å²) in [5, 5.41) is 0. The lowest BCUT2D eigenvalue weighted by atomic mass is 9.92. The molecule has 1 unspecified atom stereocenters. The molecule has 1 heterocycles. The zero-order valence-corrected chi connectivity index (χ0v) is 14.2. The van der Waals surface area contributed by atoms with Gasteiger partial charge in [-0.3, -0.25) is 0 Å². The summed E-state index contributed by atoms with van der Waals surface area (Å²) >= 11 is 3.48. The number of likely N-dealkylation sites (tertiary alicyclic amines) is 1. The monoisotopic (exact) mass is 339 g/mol. The van der Waals surface area contributed by atoms with Crippen molar-refractivity contribution in [3.05, 3.63) is 34.3 Å². The van der Waals surface area contributed by atoms with Crippen LogP contribution in [0.3, 0.4) is 0 Å². The van der Waals surface area contributed by atoms with Crippen molar-refractivity contribution in [1.29, 1.82) is 0 Å². The third kappa shape index (κ3) is 4.87. The van der Waals surface area contributed by atoms with Crippen LogP contribution in [0, 0.1) is 5.92 Å². The number of hydrogen-bond donors (Lipinski definition) is 0. The maximum Gasteiger partial charge on any atom is 0.0575 e. The largest absolute Gasteiger partial charge is 0.379 e. The van der Waals surface area contributed by atoms with Gasteiger partial charge in [-0.25, -0.2) is 0 Å². The van der Waals surface area contributed by atoms with E-state index in [2.05, 4.69) is 58.9 Å². The van der Waals surface area contributed by atoms with Crippen molar-refractivity contribution in [3.8, 4) is 0 Å². The van der Waals surface area contributed by atoms with Gasteiger partial charge in [-0.2, -0.15) is 0 Å². The number of rotatable bonds is 6. The van der Waals surface area contributed by atoms with Crippen molar-refractivity contribution in [1.82, 2.24) is 4.90 Å². The smallest absolute Gasteiger partial charge is 0.0575 e. The van der Waals surface area contributed by atoms with E-state index in [1.54, 1.807) is 0 Å². The topological polar surface area (TPSA) is 12.5 Å². The molecule has 0 amide bonds. The van der Waals surface area contributed by atoms with Crippen LogP contribution in [0.1, 0.15) is 32.3 Å². The van der Waals surface area contributed by atoms with Gasteiger partial charge in [0.2, 0.25) is 0 Å². The summed E-state index contributed by atoms with van der Waals surface area (Å²) in [7, 11) is 0. The van der Waals surface area contributed by atoms with Crippen LogP contribution in [-0.2, 0) is 11.2 Å². The van der Waals surface area contributed by atoms with Crippen molar-refractivity contribution in [2.45, 2.75) is 39.2 Å². The van der Waals surface area contributed by atoms with Gasteiger partial charge in [0.1, 0.15) is 0 Å². The van der Waals surface area contributed by atoms with E-state index in [1.165, 1.54) is 38.0 Å². The van der Waals surface area contributed by atoms with Crippen molar-refractivity contribution in [2.75, 3.05) is 26.2 Å². The summed E-state index contributed by atoms with van der Waals surface area (Å²) in [6.07, 6.45) is 4.13. The fourth-order valence-electron chi connectivity index (χ4n) is 2.98. The third-order valence-corrected chi connectivity index (χ3v) is 4.88. The Balaban J connectivity index is 1.70. The third-order valence-electron chi connectivity index (χ3n) is 4.36. The summed E-state index contributed by atoms with van der Waals surface area (Å²) in [6.45, 7) is 8.77. The molecule has 1 aliphatic heterocycles. The van der Waals surface area contributed by atoms with Gasteiger partial charge < -0.3 is 9.64 Å². The second-order valence-corrected chi connectivity index (χ2v) is 6.63. The molecular formula is C17H26BrNO. The SMILES string of the molecule is CCOC(C)C1CCN(CCc2ccc(Br)cc2)CC1. The molecule has 0 N–H and O–H groups in total. The molecule has 2 nitrogen and oxygen atoms in total. The van der Waals surface area contributed by atoms with Gasteiger partial charge in [0, 0.05) is 17.6 Å². The minimum atomic E-state index is 0.425. The highest BCUT2D eigenvalue weighted by molar-refractivity contribution is 9.10. The van der Waals surface area contributed by atoms with E-state index < -0.39 is 0 Å². The molecule has 20 heavy (non-hydrogen) atoms. The average molecular weight is 340 g/mol. The normalized spacial score (nSPS) is 19.1. The first-order valence-corrected chi connectivity index (χ1v) is 8.56. The van der Waals surface area contributed by atoms with Gasteiger partial charge in [0.25, 0.3) is 0 Å². The minimum Gasteiger partial charge on any atom is -0.379 e. The van der Waals surface area contributed by atoms with Crippen LogP contribution in [0.15, 0.2) is 28.7 Å². The lowest BCUT2D eigenvalue weighted by Crippen LogP contribution is -2.38. The summed E-state index contributed by atoms with van der Waals surface area (Å²) in [5.74, 6) is 0.749. The lowest BCUT2D eigenvalue weighted by Gasteiger charge is -2.34. The van der Waals surface area contributed by atoms with Crippen LogP contribution in [0.5, 0.6) is 0 Å². The number of nitrogens with zero attached hydrogens (tertiary/aromatic N) is 1. The molecule has 1 aromatic rings. The average Bonchev–Trinajstić information content (AvgIpc) is 2.47. The first kappa shape index (κ1) is 16.0. The van der Waals surface area contributed by atoms with Gasteiger partial charge in [-0.1, -0.05) is 28.1 Å². The zero-order valence-electron chi connectivity index (χ0n) is 12.6. The van der Waals surface area contributed by atoms with E-state index in [-0.39, 0.29) is 0 Å². The van der Waals surface area contributed by atoms with Crippen molar-refractivity contribution in [2.24, 2.45) is 5.92 Å². The van der Waals surface area contributed by atoms with E-state index in [4.69, 9.17) is 4.74 Å². The molecule has 1 aromatic carbocycles. The highest BCUT2D eigenvalue weighted by atomic mass is 79.9. The maximum atomic E-state index is 5.73. The Labute approximate surface area is 131 Å². The second kappa shape index (κ2) is 8.16. The van der Waals surface area contributed by atoms with Crippen LogP contribution in [-0.4, -0.2) is 37.2 Å². The molecule has 0 aromatic heterocycles. The number of ether oxygens (including phenoxy) is 1. The molecule has 0 radical (unpaired) electrons. The quantitative estimate of drug-likeness (QED) is 0.772. The van der Waals surface area contributed by atoms with E-state index >= 15 is 0 Å². The number of halogens is 1. The molecule has 0 bridgehead atoms. The Bertz CT molecular complexity index is 384. The molecule has 0 saturated carbocycles. The van der Waals surface area contributed by atoms with E-state index in [9.17, 15) is 0 Å². The predicted molar refractivity (Wildman–Crippen MR) is 88.1 cm³/mol. The van der Waals surface area contributed by atoms with Crippen molar-refractivity contribution in [3.63, 3.8) is 0 Å². The van der Waals surface area contributed by atoms with Gasteiger partial charge in [0.05, 0.1) is 6.10 Å². The molecule has 2 rings (SSSR count). The molecule has 0 spiro atoms. The Morgan fingerprint density at radius 2 is 1.90 bits per heavy atom. The first-order valence-electron chi connectivity index (χ1n) is 7.77. The van der Waals surface area contributed by atoms with Crippen LogP contribution >= 0.6 is 15.9 Å². The standard InChI is InChI=1S/C17H26BrNO/c1-3-20-14(2)16-9-12-19(13-10-16)11-8-15-4-6-17(18)7-5-15/h4-7,14,16H,3,8-13H2,1-2H3. The Morgan fingerprint density at radius 1 is 1.25 bits per heavy atom. The summed E-state index contributed by atoms with van der Waals surface area (Å²) in [6, 6.07) is 8.69. The highest BCUT2D eigenvalue weighted by Crippen LogP contribution is 2.22. The molecule has 1 saturated heterocycles. The predicted octanol–water partition coefficient (Wildman–Crippen LogP) is 4.13. The summed E-state index contributed by atoms with van der Waals surface area (Å²) in [5.41, 5.74) is 1.43. The summed E-state index contributed by atoms with van der Waals surface area (Å²) in [4.78, 5) is 2.59. The van der Waals surface area contributed by atoms with E-state index in [0.717, 1.165) is 23.4 Å². The Hall–Kier alpha value is -0.380. The Kier molecular flexibility index (Phi) is 6.53. The van der Waals surface area contributed by atoms with Crippen molar-refractivity contribution < 1.29 is 4.74 Å². The molecule has 0 aliphatic carbocycles. The zero-order chi connectivity index (χ0) is 14.4. The molecule has 3 heteroatoms. The van der Waals surface area contributed by atoms with Crippen LogP contribution < -0.4 is 0 Å². The van der Waals surface area contributed by atoms with Gasteiger partial charge in [-0.05, 0) is 69.8 Å².